The standard InChI is InChI=1S/C13H15Cl2N3/c14-9-6-11-12(7-10(9)15)18-13(17-11)16-8-4-2-1-3-5-8/h6-8H,1-5H2,(H2,16,17,18). The lowest BCUT2D eigenvalue weighted by molar-refractivity contribution is 0.461. The Kier molecular flexibility index (Phi) is 3.35. The van der Waals surface area contributed by atoms with Gasteiger partial charge in [-0.1, -0.05) is 42.5 Å². The Bertz CT molecular complexity index is 520. The van der Waals surface area contributed by atoms with Gasteiger partial charge in [-0.15, -0.1) is 0 Å². The van der Waals surface area contributed by atoms with Gasteiger partial charge in [-0.3, -0.25) is 0 Å². The largest absolute Gasteiger partial charge is 0.353 e. The molecule has 3 rings (SSSR count). The lowest BCUT2D eigenvalue weighted by Gasteiger charge is -2.22. The van der Waals surface area contributed by atoms with Crippen LogP contribution in [-0.4, -0.2) is 16.0 Å². The van der Waals surface area contributed by atoms with E-state index in [1.165, 1.54) is 32.1 Å². The molecule has 1 aliphatic carbocycles. The van der Waals surface area contributed by atoms with Crippen LogP contribution in [0, 0.1) is 0 Å². The number of hydrogen-bond donors (Lipinski definition) is 2. The van der Waals surface area contributed by atoms with Crippen LogP contribution in [0.25, 0.3) is 11.0 Å². The molecule has 0 unspecified atom stereocenters. The normalized spacial score (nSPS) is 17.2. The second-order valence-electron chi connectivity index (χ2n) is 4.85. The maximum atomic E-state index is 5.99. The van der Waals surface area contributed by atoms with E-state index in [0.29, 0.717) is 16.1 Å². The molecule has 5 heteroatoms. The number of aromatic nitrogens is 2. The van der Waals surface area contributed by atoms with Crippen molar-refractivity contribution < 1.29 is 0 Å². The molecule has 1 saturated carbocycles. The smallest absolute Gasteiger partial charge is 0.201 e. The molecular weight excluding hydrogens is 269 g/mol. The summed E-state index contributed by atoms with van der Waals surface area (Å²) < 4.78 is 0. The minimum absolute atomic E-state index is 0.533. The number of anilines is 1. The Labute approximate surface area is 116 Å². The fraction of sp³-hybridized carbons (Fsp3) is 0.462. The highest BCUT2D eigenvalue weighted by Gasteiger charge is 2.15. The third kappa shape index (κ3) is 2.43. The van der Waals surface area contributed by atoms with Gasteiger partial charge in [0.05, 0.1) is 21.1 Å². The first kappa shape index (κ1) is 12.1. The molecule has 2 aromatic rings. The predicted molar refractivity (Wildman–Crippen MR) is 76.6 cm³/mol. The molecule has 1 aromatic heterocycles. The van der Waals surface area contributed by atoms with E-state index in [2.05, 4.69) is 15.3 Å². The maximum absolute atomic E-state index is 5.99. The first-order valence-electron chi connectivity index (χ1n) is 6.34. The van der Waals surface area contributed by atoms with Crippen molar-refractivity contribution in [1.82, 2.24) is 9.97 Å². The van der Waals surface area contributed by atoms with Crippen molar-refractivity contribution in [3.8, 4) is 0 Å². The third-order valence-corrected chi connectivity index (χ3v) is 4.19. The summed E-state index contributed by atoms with van der Waals surface area (Å²) in [4.78, 5) is 7.74. The van der Waals surface area contributed by atoms with Gasteiger partial charge in [-0.25, -0.2) is 4.98 Å². The molecule has 1 aliphatic rings. The van der Waals surface area contributed by atoms with Crippen LogP contribution in [0.4, 0.5) is 5.95 Å². The summed E-state index contributed by atoms with van der Waals surface area (Å²) in [5.41, 5.74) is 1.77. The van der Waals surface area contributed by atoms with Gasteiger partial charge in [0.2, 0.25) is 5.95 Å². The Hall–Kier alpha value is -0.930. The zero-order valence-corrected chi connectivity index (χ0v) is 11.5. The van der Waals surface area contributed by atoms with E-state index in [9.17, 15) is 0 Å². The zero-order chi connectivity index (χ0) is 12.5. The predicted octanol–water partition coefficient (Wildman–Crippen LogP) is 4.61. The summed E-state index contributed by atoms with van der Waals surface area (Å²) >= 11 is 12.0. The number of nitrogens with zero attached hydrogens (tertiary/aromatic N) is 1. The minimum atomic E-state index is 0.533. The van der Waals surface area contributed by atoms with E-state index in [1.54, 1.807) is 6.07 Å². The molecule has 1 heterocycles. The molecular formula is C13H15Cl2N3. The number of imidazole rings is 1. The highest BCUT2D eigenvalue weighted by molar-refractivity contribution is 6.42. The lowest BCUT2D eigenvalue weighted by atomic mass is 9.96. The summed E-state index contributed by atoms with van der Waals surface area (Å²) in [5.74, 6) is 0.815. The molecule has 3 nitrogen and oxygen atoms in total. The Balaban J connectivity index is 1.84. The van der Waals surface area contributed by atoms with Crippen LogP contribution in [-0.2, 0) is 0 Å². The third-order valence-electron chi connectivity index (χ3n) is 3.47. The van der Waals surface area contributed by atoms with Crippen molar-refractivity contribution in [1.29, 1.82) is 0 Å². The maximum Gasteiger partial charge on any atom is 0.201 e. The second kappa shape index (κ2) is 4.98. The van der Waals surface area contributed by atoms with Gasteiger partial charge < -0.3 is 10.3 Å². The molecule has 0 saturated heterocycles. The zero-order valence-electron chi connectivity index (χ0n) is 9.97. The molecule has 0 aliphatic heterocycles. The van der Waals surface area contributed by atoms with Crippen LogP contribution in [0.5, 0.6) is 0 Å². The monoisotopic (exact) mass is 283 g/mol. The summed E-state index contributed by atoms with van der Waals surface area (Å²) in [6.07, 6.45) is 6.39. The van der Waals surface area contributed by atoms with Gasteiger partial charge in [0.25, 0.3) is 0 Å². The number of rotatable bonds is 2. The van der Waals surface area contributed by atoms with Crippen molar-refractivity contribution in [3.63, 3.8) is 0 Å². The van der Waals surface area contributed by atoms with Crippen LogP contribution in [0.15, 0.2) is 12.1 Å². The van der Waals surface area contributed by atoms with Crippen molar-refractivity contribution >= 4 is 40.2 Å². The number of aromatic amines is 1. The van der Waals surface area contributed by atoms with Gasteiger partial charge in [0.1, 0.15) is 0 Å². The van der Waals surface area contributed by atoms with E-state index < -0.39 is 0 Å². The number of halogens is 2. The average Bonchev–Trinajstić information content (AvgIpc) is 2.72. The molecule has 0 spiro atoms. The number of hydrogen-bond acceptors (Lipinski definition) is 2. The summed E-state index contributed by atoms with van der Waals surface area (Å²) in [7, 11) is 0. The van der Waals surface area contributed by atoms with Crippen molar-refractivity contribution in [2.24, 2.45) is 0 Å². The number of fused-ring (bicyclic) bond motifs is 1. The van der Waals surface area contributed by atoms with Gasteiger partial charge >= 0.3 is 0 Å². The van der Waals surface area contributed by atoms with E-state index in [0.717, 1.165) is 17.0 Å². The fourth-order valence-electron chi connectivity index (χ4n) is 2.51. The molecule has 1 fully saturated rings. The Morgan fingerprint density at radius 2 is 1.83 bits per heavy atom. The summed E-state index contributed by atoms with van der Waals surface area (Å²) in [6.45, 7) is 0. The van der Waals surface area contributed by atoms with Crippen LogP contribution >= 0.6 is 23.2 Å². The Morgan fingerprint density at radius 3 is 2.61 bits per heavy atom. The van der Waals surface area contributed by atoms with Crippen molar-refractivity contribution in [2.75, 3.05) is 5.32 Å². The molecule has 0 bridgehead atoms. The van der Waals surface area contributed by atoms with E-state index >= 15 is 0 Å². The average molecular weight is 284 g/mol. The van der Waals surface area contributed by atoms with Crippen LogP contribution in [0.2, 0.25) is 10.0 Å². The topological polar surface area (TPSA) is 40.7 Å². The van der Waals surface area contributed by atoms with Gasteiger partial charge in [0, 0.05) is 6.04 Å². The number of H-pyrrole nitrogens is 1. The fourth-order valence-corrected chi connectivity index (χ4v) is 2.84. The van der Waals surface area contributed by atoms with Crippen LogP contribution in [0.3, 0.4) is 0 Å². The highest BCUT2D eigenvalue weighted by Crippen LogP contribution is 2.28. The van der Waals surface area contributed by atoms with Gasteiger partial charge in [-0.2, -0.15) is 0 Å². The van der Waals surface area contributed by atoms with E-state index in [4.69, 9.17) is 23.2 Å². The summed E-state index contributed by atoms with van der Waals surface area (Å²) in [6, 6.07) is 4.14. The first-order valence-corrected chi connectivity index (χ1v) is 7.09. The minimum Gasteiger partial charge on any atom is -0.353 e. The van der Waals surface area contributed by atoms with Crippen molar-refractivity contribution in [2.45, 2.75) is 38.1 Å². The first-order chi connectivity index (χ1) is 8.72. The van der Waals surface area contributed by atoms with Gasteiger partial charge in [-0.05, 0) is 25.0 Å². The molecule has 0 amide bonds. The highest BCUT2D eigenvalue weighted by atomic mass is 35.5. The molecule has 2 N–H and O–H groups in total. The lowest BCUT2D eigenvalue weighted by Crippen LogP contribution is -2.22. The van der Waals surface area contributed by atoms with Crippen LogP contribution in [0.1, 0.15) is 32.1 Å². The number of benzene rings is 1. The SMILES string of the molecule is Clc1cc2nc(NC3CCCCC3)[nH]c2cc1Cl. The summed E-state index contributed by atoms with van der Waals surface area (Å²) in [5, 5.41) is 4.55. The molecule has 18 heavy (non-hydrogen) atoms. The quantitative estimate of drug-likeness (QED) is 0.845. The number of nitrogens with one attached hydrogen (secondary N) is 2. The van der Waals surface area contributed by atoms with Gasteiger partial charge in [0.15, 0.2) is 0 Å². The van der Waals surface area contributed by atoms with Crippen LogP contribution < -0.4 is 5.32 Å². The molecule has 96 valence electrons. The van der Waals surface area contributed by atoms with Crippen molar-refractivity contribution in [3.05, 3.63) is 22.2 Å². The molecule has 0 atom stereocenters. The Morgan fingerprint density at radius 1 is 1.11 bits per heavy atom. The molecule has 1 aromatic carbocycles. The molecule has 0 radical (unpaired) electrons. The second-order valence-corrected chi connectivity index (χ2v) is 5.66. The van der Waals surface area contributed by atoms with E-state index in [1.807, 2.05) is 6.07 Å². The van der Waals surface area contributed by atoms with E-state index in [-0.39, 0.29) is 0 Å².